The van der Waals surface area contributed by atoms with Gasteiger partial charge in [0.2, 0.25) is 10.0 Å². The number of hydrogen-bond acceptors (Lipinski definition) is 4. The summed E-state index contributed by atoms with van der Waals surface area (Å²) in [6.45, 7) is 3.28. The molecule has 3 rings (SSSR count). The number of rotatable bonds is 4. The van der Waals surface area contributed by atoms with Gasteiger partial charge in [-0.3, -0.25) is 0 Å². The molecule has 1 aliphatic carbocycles. The van der Waals surface area contributed by atoms with Crippen LogP contribution in [0.25, 0.3) is 0 Å². The molecule has 5 nitrogen and oxygen atoms in total. The van der Waals surface area contributed by atoms with Crippen LogP contribution in [0.2, 0.25) is 0 Å². The van der Waals surface area contributed by atoms with Crippen LogP contribution in [0, 0.1) is 0 Å². The van der Waals surface area contributed by atoms with Gasteiger partial charge in [-0.25, -0.2) is 13.1 Å². The van der Waals surface area contributed by atoms with E-state index in [-0.39, 0.29) is 18.2 Å². The molecule has 0 aromatic heterocycles. The number of aryl methyl sites for hydroxylation is 1. The van der Waals surface area contributed by atoms with Crippen LogP contribution in [0.4, 0.5) is 0 Å². The first-order valence-electron chi connectivity index (χ1n) is 7.93. The molecule has 1 heterocycles. The van der Waals surface area contributed by atoms with E-state index >= 15 is 0 Å². The fourth-order valence-corrected chi connectivity index (χ4v) is 4.45. The monoisotopic (exact) mass is 325 g/mol. The molecule has 122 valence electrons. The molecule has 1 aromatic rings. The molecule has 0 bridgehead atoms. The van der Waals surface area contributed by atoms with Gasteiger partial charge in [-0.15, -0.1) is 0 Å². The Balaban J connectivity index is 1.66. The zero-order chi connectivity index (χ0) is 15.6. The highest BCUT2D eigenvalue weighted by molar-refractivity contribution is 7.89. The topological polar surface area (TPSA) is 64.6 Å². The Bertz CT molecular complexity index is 599. The van der Waals surface area contributed by atoms with Crippen LogP contribution in [0.5, 0.6) is 0 Å². The highest BCUT2D eigenvalue weighted by Gasteiger charge is 2.35. The van der Waals surface area contributed by atoms with Gasteiger partial charge in [-0.1, -0.05) is 19.1 Å². The second-order valence-corrected chi connectivity index (χ2v) is 7.66. The maximum absolute atomic E-state index is 12.5. The van der Waals surface area contributed by atoms with Gasteiger partial charge in [0.1, 0.15) is 0 Å². The maximum atomic E-state index is 12.5. The number of hydrogen-bond donors (Lipinski definition) is 1. The maximum Gasteiger partial charge on any atom is 0.240 e. The average Bonchev–Trinajstić information content (AvgIpc) is 2.54. The molecule has 1 saturated heterocycles. The van der Waals surface area contributed by atoms with E-state index in [0.717, 1.165) is 24.8 Å². The zero-order valence-electron chi connectivity index (χ0n) is 12.8. The lowest BCUT2D eigenvalue weighted by molar-refractivity contribution is -0.156. The number of sulfonamides is 1. The van der Waals surface area contributed by atoms with Crippen LogP contribution in [0.15, 0.2) is 29.2 Å². The Morgan fingerprint density at radius 3 is 2.45 bits per heavy atom. The van der Waals surface area contributed by atoms with E-state index in [2.05, 4.69) is 4.72 Å². The molecule has 22 heavy (non-hydrogen) atoms. The van der Waals surface area contributed by atoms with Crippen molar-refractivity contribution in [2.45, 2.75) is 55.8 Å². The first-order chi connectivity index (χ1) is 10.6. The standard InChI is InChI=1S/C16H23NO4S/c1-2-12-3-6-14(7-4-12)22(18,19)17-13-5-8-15-16(11-13)21-10-9-20-15/h3-4,6-7,13,15-17H,2,5,8-11H2,1H3. The summed E-state index contributed by atoms with van der Waals surface area (Å²) in [5, 5.41) is 0. The zero-order valence-corrected chi connectivity index (χ0v) is 13.6. The van der Waals surface area contributed by atoms with Gasteiger partial charge >= 0.3 is 0 Å². The Hall–Kier alpha value is -0.950. The SMILES string of the molecule is CCc1ccc(S(=O)(=O)NC2CCC3OCCOC3C2)cc1. The summed E-state index contributed by atoms with van der Waals surface area (Å²) in [4.78, 5) is 0.327. The van der Waals surface area contributed by atoms with Crippen LogP contribution in [0.1, 0.15) is 31.7 Å². The van der Waals surface area contributed by atoms with Crippen molar-refractivity contribution in [3.8, 4) is 0 Å². The van der Waals surface area contributed by atoms with E-state index in [1.54, 1.807) is 12.1 Å². The van der Waals surface area contributed by atoms with Crippen molar-refractivity contribution in [1.82, 2.24) is 4.72 Å². The number of benzene rings is 1. The Kier molecular flexibility index (Phi) is 4.82. The van der Waals surface area contributed by atoms with Crippen molar-refractivity contribution < 1.29 is 17.9 Å². The van der Waals surface area contributed by atoms with Crippen molar-refractivity contribution in [1.29, 1.82) is 0 Å². The molecule has 0 amide bonds. The molecule has 1 N–H and O–H groups in total. The van der Waals surface area contributed by atoms with Gasteiger partial charge in [0.25, 0.3) is 0 Å². The van der Waals surface area contributed by atoms with Crippen molar-refractivity contribution in [3.63, 3.8) is 0 Å². The lowest BCUT2D eigenvalue weighted by atomic mass is 9.90. The third-order valence-electron chi connectivity index (χ3n) is 4.44. The van der Waals surface area contributed by atoms with E-state index in [0.29, 0.717) is 24.5 Å². The minimum Gasteiger partial charge on any atom is -0.373 e. The molecule has 3 unspecified atom stereocenters. The van der Waals surface area contributed by atoms with E-state index in [9.17, 15) is 8.42 Å². The minimum atomic E-state index is -3.47. The summed E-state index contributed by atoms with van der Waals surface area (Å²) in [5.41, 5.74) is 1.13. The van der Waals surface area contributed by atoms with Crippen molar-refractivity contribution in [3.05, 3.63) is 29.8 Å². The summed E-state index contributed by atoms with van der Waals surface area (Å²) >= 11 is 0. The first kappa shape index (κ1) is 15.9. The molecule has 1 saturated carbocycles. The van der Waals surface area contributed by atoms with Gasteiger partial charge in [0.05, 0.1) is 30.3 Å². The number of fused-ring (bicyclic) bond motifs is 1. The van der Waals surface area contributed by atoms with E-state index < -0.39 is 10.0 Å². The second-order valence-electron chi connectivity index (χ2n) is 5.95. The van der Waals surface area contributed by atoms with Crippen LogP contribution in [-0.4, -0.2) is 39.9 Å². The molecule has 1 aromatic carbocycles. The summed E-state index contributed by atoms with van der Waals surface area (Å²) in [6.07, 6.45) is 3.34. The van der Waals surface area contributed by atoms with Crippen LogP contribution < -0.4 is 4.72 Å². The van der Waals surface area contributed by atoms with Gasteiger partial charge in [-0.05, 0) is 43.4 Å². The summed E-state index contributed by atoms with van der Waals surface area (Å²) < 4.78 is 39.1. The third-order valence-corrected chi connectivity index (χ3v) is 5.98. The molecule has 0 radical (unpaired) electrons. The average molecular weight is 325 g/mol. The molecule has 3 atom stereocenters. The van der Waals surface area contributed by atoms with Gasteiger partial charge in [0.15, 0.2) is 0 Å². The van der Waals surface area contributed by atoms with Crippen molar-refractivity contribution in [2.24, 2.45) is 0 Å². The number of nitrogens with one attached hydrogen (secondary N) is 1. The molecule has 6 heteroatoms. The fraction of sp³-hybridized carbons (Fsp3) is 0.625. The molecule has 2 fully saturated rings. The Morgan fingerprint density at radius 1 is 1.09 bits per heavy atom. The first-order valence-corrected chi connectivity index (χ1v) is 9.41. The number of ether oxygens (including phenoxy) is 2. The van der Waals surface area contributed by atoms with Crippen molar-refractivity contribution >= 4 is 10.0 Å². The molecular formula is C16H23NO4S. The molecular weight excluding hydrogens is 302 g/mol. The largest absolute Gasteiger partial charge is 0.373 e. The fourth-order valence-electron chi connectivity index (χ4n) is 3.17. The minimum absolute atomic E-state index is 0.0117. The van der Waals surface area contributed by atoms with Crippen LogP contribution >= 0.6 is 0 Å². The quantitative estimate of drug-likeness (QED) is 0.918. The summed E-state index contributed by atoms with van der Waals surface area (Å²) in [5.74, 6) is 0. The lowest BCUT2D eigenvalue weighted by Gasteiger charge is -2.38. The normalized spacial score (nSPS) is 29.0. The van der Waals surface area contributed by atoms with Crippen molar-refractivity contribution in [2.75, 3.05) is 13.2 Å². The predicted octanol–water partition coefficient (Wildman–Crippen LogP) is 1.86. The van der Waals surface area contributed by atoms with E-state index in [1.165, 1.54) is 0 Å². The van der Waals surface area contributed by atoms with Gasteiger partial charge in [-0.2, -0.15) is 0 Å². The highest BCUT2D eigenvalue weighted by Crippen LogP contribution is 2.27. The second kappa shape index (κ2) is 6.66. The van der Waals surface area contributed by atoms with Gasteiger partial charge in [0, 0.05) is 6.04 Å². The molecule has 2 aliphatic rings. The summed E-state index contributed by atoms with van der Waals surface area (Å²) in [7, 11) is -3.47. The van der Waals surface area contributed by atoms with E-state index in [1.807, 2.05) is 19.1 Å². The molecule has 1 aliphatic heterocycles. The smallest absolute Gasteiger partial charge is 0.240 e. The highest BCUT2D eigenvalue weighted by atomic mass is 32.2. The third kappa shape index (κ3) is 3.51. The predicted molar refractivity (Wildman–Crippen MR) is 83.3 cm³/mol. The Morgan fingerprint density at radius 2 is 1.77 bits per heavy atom. The lowest BCUT2D eigenvalue weighted by Crippen LogP contribution is -2.49. The van der Waals surface area contributed by atoms with Gasteiger partial charge < -0.3 is 9.47 Å². The summed E-state index contributed by atoms with van der Waals surface area (Å²) in [6, 6.07) is 6.99. The van der Waals surface area contributed by atoms with Crippen LogP contribution in [-0.2, 0) is 25.9 Å². The Labute approximate surface area is 132 Å². The van der Waals surface area contributed by atoms with Crippen LogP contribution in [0.3, 0.4) is 0 Å². The van der Waals surface area contributed by atoms with E-state index in [4.69, 9.17) is 9.47 Å². The molecule has 0 spiro atoms.